The van der Waals surface area contributed by atoms with Gasteiger partial charge in [-0.2, -0.15) is 18.4 Å². The van der Waals surface area contributed by atoms with Crippen LogP contribution in [-0.2, 0) is 11.0 Å². The van der Waals surface area contributed by atoms with Crippen molar-refractivity contribution in [3.05, 3.63) is 82.6 Å². The molecular formula is C24H21F3N4O. The van der Waals surface area contributed by atoms with Gasteiger partial charge >= 0.3 is 6.18 Å². The van der Waals surface area contributed by atoms with Crippen LogP contribution in [0.15, 0.2) is 71.5 Å². The van der Waals surface area contributed by atoms with E-state index in [-0.39, 0.29) is 29.3 Å². The maximum Gasteiger partial charge on any atom is 0.418 e. The van der Waals surface area contributed by atoms with Crippen LogP contribution in [0.5, 0.6) is 0 Å². The number of alkyl halides is 3. The number of halogens is 3. The molecular weight excluding hydrogens is 417 g/mol. The molecule has 1 aromatic carbocycles. The number of para-hydroxylation sites is 1. The fourth-order valence-electron chi connectivity index (χ4n) is 4.57. The molecule has 8 heteroatoms. The number of ketones is 1. The minimum absolute atomic E-state index is 0.0294. The molecule has 0 saturated carbocycles. The van der Waals surface area contributed by atoms with Crippen LogP contribution in [0.3, 0.4) is 0 Å². The van der Waals surface area contributed by atoms with E-state index in [1.54, 1.807) is 24.5 Å². The van der Waals surface area contributed by atoms with Crippen LogP contribution in [0.2, 0.25) is 0 Å². The highest BCUT2D eigenvalue weighted by Crippen LogP contribution is 2.51. The van der Waals surface area contributed by atoms with Gasteiger partial charge in [0, 0.05) is 30.1 Å². The molecule has 1 aliphatic heterocycles. The number of benzene rings is 1. The molecule has 0 radical (unpaired) electrons. The molecule has 32 heavy (non-hydrogen) atoms. The van der Waals surface area contributed by atoms with Crippen molar-refractivity contribution >= 4 is 11.5 Å². The van der Waals surface area contributed by atoms with E-state index in [9.17, 15) is 23.2 Å². The van der Waals surface area contributed by atoms with Gasteiger partial charge in [-0.15, -0.1) is 0 Å². The van der Waals surface area contributed by atoms with Crippen molar-refractivity contribution in [2.75, 3.05) is 4.90 Å². The smallest absolute Gasteiger partial charge is 0.384 e. The van der Waals surface area contributed by atoms with E-state index in [0.29, 0.717) is 23.3 Å². The van der Waals surface area contributed by atoms with Crippen molar-refractivity contribution in [2.24, 2.45) is 11.1 Å². The second kappa shape index (κ2) is 7.52. The zero-order valence-electron chi connectivity index (χ0n) is 17.6. The average molecular weight is 438 g/mol. The van der Waals surface area contributed by atoms with Crippen molar-refractivity contribution in [3.63, 3.8) is 0 Å². The zero-order valence-corrected chi connectivity index (χ0v) is 17.6. The SMILES string of the molecule is CC1(C)CC(=O)C2=C(C1)N(c1ccccc1C(F)(F)F)C(N)=C(C#N)[C@@H]2c1cccnc1. The fourth-order valence-corrected chi connectivity index (χ4v) is 4.57. The number of carbonyl (C=O) groups is 1. The van der Waals surface area contributed by atoms with Crippen molar-refractivity contribution in [1.29, 1.82) is 5.26 Å². The van der Waals surface area contributed by atoms with E-state index in [0.717, 1.165) is 6.07 Å². The molecule has 1 atom stereocenters. The Kier molecular flexibility index (Phi) is 5.08. The van der Waals surface area contributed by atoms with Crippen molar-refractivity contribution < 1.29 is 18.0 Å². The largest absolute Gasteiger partial charge is 0.418 e. The van der Waals surface area contributed by atoms with Gasteiger partial charge in [0.15, 0.2) is 5.78 Å². The normalized spacial score (nSPS) is 20.8. The summed E-state index contributed by atoms with van der Waals surface area (Å²) in [5, 5.41) is 9.98. The summed E-state index contributed by atoms with van der Waals surface area (Å²) in [5.74, 6) is -1.09. The second-order valence-electron chi connectivity index (χ2n) is 8.78. The number of pyridine rings is 1. The Morgan fingerprint density at radius 1 is 1.19 bits per heavy atom. The average Bonchev–Trinajstić information content (AvgIpc) is 2.72. The first-order valence-electron chi connectivity index (χ1n) is 10.1. The number of nitrogens with zero attached hydrogens (tertiary/aromatic N) is 3. The number of hydrogen-bond donors (Lipinski definition) is 1. The minimum Gasteiger partial charge on any atom is -0.384 e. The molecule has 0 spiro atoms. The maximum atomic E-state index is 13.9. The molecule has 1 aromatic heterocycles. The lowest BCUT2D eigenvalue weighted by Gasteiger charge is -2.44. The molecule has 2 aliphatic rings. The van der Waals surface area contributed by atoms with Crippen LogP contribution in [0.25, 0.3) is 0 Å². The van der Waals surface area contributed by atoms with Gasteiger partial charge in [-0.25, -0.2) is 0 Å². The van der Waals surface area contributed by atoms with Crippen LogP contribution in [-0.4, -0.2) is 10.8 Å². The van der Waals surface area contributed by atoms with E-state index in [1.165, 1.54) is 23.1 Å². The molecule has 4 rings (SSSR count). The molecule has 2 heterocycles. The van der Waals surface area contributed by atoms with Crippen LogP contribution in [0, 0.1) is 16.7 Å². The Bertz CT molecular complexity index is 1190. The summed E-state index contributed by atoms with van der Waals surface area (Å²) in [4.78, 5) is 18.7. The van der Waals surface area contributed by atoms with Crippen LogP contribution >= 0.6 is 0 Å². The summed E-state index contributed by atoms with van der Waals surface area (Å²) in [5.41, 5.74) is 6.15. The number of Topliss-reactive ketones (excluding diaryl/α,β-unsaturated/α-hetero) is 1. The molecule has 0 unspecified atom stereocenters. The molecule has 1 aliphatic carbocycles. The Hall–Kier alpha value is -3.60. The summed E-state index contributed by atoms with van der Waals surface area (Å²) < 4.78 is 41.6. The zero-order chi connectivity index (χ0) is 23.3. The van der Waals surface area contributed by atoms with Gasteiger partial charge in [0.1, 0.15) is 5.82 Å². The number of carbonyl (C=O) groups excluding carboxylic acids is 1. The summed E-state index contributed by atoms with van der Waals surface area (Å²) in [6.45, 7) is 3.78. The van der Waals surface area contributed by atoms with Crippen LogP contribution in [0.4, 0.5) is 18.9 Å². The number of anilines is 1. The Morgan fingerprint density at radius 2 is 1.91 bits per heavy atom. The molecule has 0 amide bonds. The lowest BCUT2D eigenvalue weighted by molar-refractivity contribution is -0.137. The molecule has 0 bridgehead atoms. The van der Waals surface area contributed by atoms with Gasteiger partial charge in [0.05, 0.1) is 28.8 Å². The van der Waals surface area contributed by atoms with E-state index in [4.69, 9.17) is 5.73 Å². The van der Waals surface area contributed by atoms with Crippen molar-refractivity contribution in [2.45, 2.75) is 38.8 Å². The van der Waals surface area contributed by atoms with Gasteiger partial charge in [-0.05, 0) is 35.6 Å². The van der Waals surface area contributed by atoms with Crippen LogP contribution in [0.1, 0.15) is 43.7 Å². The van der Waals surface area contributed by atoms with Crippen molar-refractivity contribution in [3.8, 4) is 6.07 Å². The van der Waals surface area contributed by atoms with Gasteiger partial charge < -0.3 is 5.73 Å². The number of nitrogens with two attached hydrogens (primary N) is 1. The Labute approximate surface area is 183 Å². The van der Waals surface area contributed by atoms with Crippen molar-refractivity contribution in [1.82, 2.24) is 4.98 Å². The summed E-state index contributed by atoms with van der Waals surface area (Å²) in [6.07, 6.45) is -0.976. The van der Waals surface area contributed by atoms with E-state index in [2.05, 4.69) is 11.1 Å². The molecule has 164 valence electrons. The number of hydrogen-bond acceptors (Lipinski definition) is 5. The Morgan fingerprint density at radius 3 is 2.53 bits per heavy atom. The topological polar surface area (TPSA) is 83.0 Å². The number of rotatable bonds is 2. The highest BCUT2D eigenvalue weighted by atomic mass is 19.4. The Balaban J connectivity index is 2.05. The predicted molar refractivity (Wildman–Crippen MR) is 113 cm³/mol. The summed E-state index contributed by atoms with van der Waals surface area (Å²) in [7, 11) is 0. The quantitative estimate of drug-likeness (QED) is 0.710. The first kappa shape index (κ1) is 21.6. The van der Waals surface area contributed by atoms with E-state index >= 15 is 0 Å². The number of nitriles is 1. The third-order valence-electron chi connectivity index (χ3n) is 5.85. The van der Waals surface area contributed by atoms with Gasteiger partial charge in [0.25, 0.3) is 0 Å². The van der Waals surface area contributed by atoms with Gasteiger partial charge in [-0.1, -0.05) is 32.0 Å². The fraction of sp³-hybridized carbons (Fsp3) is 0.292. The predicted octanol–water partition coefficient (Wildman–Crippen LogP) is 5.04. The third-order valence-corrected chi connectivity index (χ3v) is 5.85. The standard InChI is InChI=1S/C24H21F3N4O/c1-23(2)10-18-21(19(32)11-23)20(14-6-5-9-30-13-14)15(12-28)22(29)31(18)17-8-4-3-7-16(17)24(25,26)27/h3-9,13,20H,10-11,29H2,1-2H3/t20-/m0/s1. The van der Waals surface area contributed by atoms with E-state index in [1.807, 2.05) is 13.8 Å². The van der Waals surface area contributed by atoms with Gasteiger partial charge in [0.2, 0.25) is 0 Å². The minimum atomic E-state index is -4.64. The monoisotopic (exact) mass is 438 g/mol. The molecule has 2 aromatic rings. The molecule has 5 nitrogen and oxygen atoms in total. The van der Waals surface area contributed by atoms with Gasteiger partial charge in [-0.3, -0.25) is 14.7 Å². The highest BCUT2D eigenvalue weighted by molar-refractivity contribution is 6.01. The number of allylic oxidation sites excluding steroid dienone is 3. The number of aromatic nitrogens is 1. The first-order valence-corrected chi connectivity index (χ1v) is 10.1. The summed E-state index contributed by atoms with van der Waals surface area (Å²) in [6, 6.07) is 10.5. The van der Waals surface area contributed by atoms with Crippen LogP contribution < -0.4 is 10.6 Å². The van der Waals surface area contributed by atoms with E-state index < -0.39 is 23.1 Å². The molecule has 0 saturated heterocycles. The lowest BCUT2D eigenvalue weighted by Crippen LogP contribution is -2.42. The highest BCUT2D eigenvalue weighted by Gasteiger charge is 2.46. The first-order chi connectivity index (χ1) is 15.0. The lowest BCUT2D eigenvalue weighted by atomic mass is 9.68. The summed E-state index contributed by atoms with van der Waals surface area (Å²) >= 11 is 0. The molecule has 2 N–H and O–H groups in total. The third kappa shape index (κ3) is 3.54. The molecule has 0 fully saturated rings. The second-order valence-corrected chi connectivity index (χ2v) is 8.78. The maximum absolute atomic E-state index is 13.9.